The lowest BCUT2D eigenvalue weighted by atomic mass is 10.1. The Bertz CT molecular complexity index is 1060. The van der Waals surface area contributed by atoms with Crippen LogP contribution in [0, 0.1) is 0 Å². The first-order chi connectivity index (χ1) is 29.5. The summed E-state index contributed by atoms with van der Waals surface area (Å²) in [5.41, 5.74) is 0. The van der Waals surface area contributed by atoms with Crippen molar-refractivity contribution in [2.24, 2.45) is 0 Å². The molecule has 0 saturated heterocycles. The van der Waals surface area contributed by atoms with Crippen LogP contribution in [0.15, 0.2) is 48.6 Å². The molecule has 60 heavy (non-hydrogen) atoms. The monoisotopic (exact) mass is 841 g/mol. The fourth-order valence-electron chi connectivity index (χ4n) is 7.11. The maximum Gasteiger partial charge on any atom is 0.306 e. The van der Waals surface area contributed by atoms with Crippen LogP contribution in [0.3, 0.4) is 0 Å². The molecule has 6 heteroatoms. The number of hydrogen-bond acceptors (Lipinski definition) is 6. The lowest BCUT2D eigenvalue weighted by Gasteiger charge is -2.18. The van der Waals surface area contributed by atoms with Crippen LogP contribution in [-0.2, 0) is 28.6 Å². The van der Waals surface area contributed by atoms with E-state index in [1.54, 1.807) is 0 Å². The zero-order chi connectivity index (χ0) is 43.7. The van der Waals surface area contributed by atoms with E-state index in [2.05, 4.69) is 69.4 Å². The standard InChI is InChI=1S/C54H96O6/c1-4-7-10-13-16-19-22-24-25-26-27-28-29-30-33-35-38-41-44-47-53(56)59-50-51(49-58-52(55)46-43-40-37-34-31-21-18-15-12-9-6-3)60-54(57)48-45-42-39-36-32-23-20-17-14-11-8-5-2/h15-20,22,24,51H,4-14,21,23,25-50H2,1-3H3/b18-15-,19-16-,20-17-,24-22-. The zero-order valence-electron chi connectivity index (χ0n) is 39.7. The smallest absolute Gasteiger partial charge is 0.306 e. The molecule has 0 aromatic rings. The molecule has 0 bridgehead atoms. The largest absolute Gasteiger partial charge is 0.462 e. The molecule has 348 valence electrons. The van der Waals surface area contributed by atoms with Crippen LogP contribution in [0.1, 0.15) is 258 Å². The molecule has 0 aromatic carbocycles. The average Bonchev–Trinajstić information content (AvgIpc) is 3.24. The van der Waals surface area contributed by atoms with Crippen LogP contribution in [0.2, 0.25) is 0 Å². The second kappa shape index (κ2) is 49.0. The van der Waals surface area contributed by atoms with Crippen molar-refractivity contribution < 1.29 is 28.6 Å². The van der Waals surface area contributed by atoms with Crippen LogP contribution in [0.5, 0.6) is 0 Å². The third kappa shape index (κ3) is 46.4. The number of hydrogen-bond donors (Lipinski definition) is 0. The predicted molar refractivity (Wildman–Crippen MR) is 256 cm³/mol. The van der Waals surface area contributed by atoms with Gasteiger partial charge in [-0.1, -0.05) is 198 Å². The van der Waals surface area contributed by atoms with E-state index in [0.29, 0.717) is 19.3 Å². The SMILES string of the molecule is CCCC/C=C\CCCCCCCC(=O)OCC(COC(=O)CCCCCCCCCCCC/C=C\C=C/CCCCC)OC(=O)CCCCCCC/C=C\CCCCC. The average molecular weight is 841 g/mol. The molecule has 0 aliphatic carbocycles. The van der Waals surface area contributed by atoms with Gasteiger partial charge in [-0.2, -0.15) is 0 Å². The van der Waals surface area contributed by atoms with Gasteiger partial charge in [0.05, 0.1) is 0 Å². The van der Waals surface area contributed by atoms with Crippen LogP contribution in [0.25, 0.3) is 0 Å². The highest BCUT2D eigenvalue weighted by atomic mass is 16.6. The van der Waals surface area contributed by atoms with Crippen LogP contribution < -0.4 is 0 Å². The maximum atomic E-state index is 12.7. The Hall–Kier alpha value is -2.63. The van der Waals surface area contributed by atoms with Gasteiger partial charge in [0.15, 0.2) is 6.10 Å². The van der Waals surface area contributed by atoms with E-state index in [0.717, 1.165) is 77.0 Å². The molecule has 0 saturated carbocycles. The van der Waals surface area contributed by atoms with Gasteiger partial charge in [-0.25, -0.2) is 0 Å². The molecule has 1 unspecified atom stereocenters. The summed E-state index contributed by atoms with van der Waals surface area (Å²) < 4.78 is 16.8. The quantitative estimate of drug-likeness (QED) is 0.0200. The zero-order valence-corrected chi connectivity index (χ0v) is 39.7. The summed E-state index contributed by atoms with van der Waals surface area (Å²) >= 11 is 0. The van der Waals surface area contributed by atoms with Gasteiger partial charge in [0.25, 0.3) is 0 Å². The second-order valence-corrected chi connectivity index (χ2v) is 17.1. The van der Waals surface area contributed by atoms with Gasteiger partial charge in [0.2, 0.25) is 0 Å². The summed E-state index contributed by atoms with van der Waals surface area (Å²) in [4.78, 5) is 37.9. The first-order valence-corrected chi connectivity index (χ1v) is 25.7. The molecule has 0 amide bonds. The molecule has 0 aliphatic heterocycles. The van der Waals surface area contributed by atoms with E-state index in [-0.39, 0.29) is 31.1 Å². The minimum Gasteiger partial charge on any atom is -0.462 e. The molecule has 0 aliphatic rings. The molecule has 0 radical (unpaired) electrons. The summed E-state index contributed by atoms with van der Waals surface area (Å²) in [6, 6.07) is 0. The van der Waals surface area contributed by atoms with Gasteiger partial charge in [0.1, 0.15) is 13.2 Å². The summed E-state index contributed by atoms with van der Waals surface area (Å²) in [6.07, 6.45) is 58.1. The Labute approximate surface area is 371 Å². The van der Waals surface area contributed by atoms with Crippen LogP contribution >= 0.6 is 0 Å². The summed E-state index contributed by atoms with van der Waals surface area (Å²) in [5.74, 6) is -0.898. The molecule has 0 spiro atoms. The Morgan fingerprint density at radius 3 is 0.983 bits per heavy atom. The third-order valence-corrected chi connectivity index (χ3v) is 11.1. The van der Waals surface area contributed by atoms with Crippen LogP contribution in [0.4, 0.5) is 0 Å². The second-order valence-electron chi connectivity index (χ2n) is 17.1. The van der Waals surface area contributed by atoms with Gasteiger partial charge >= 0.3 is 17.9 Å². The van der Waals surface area contributed by atoms with E-state index in [1.807, 2.05) is 0 Å². The molecular weight excluding hydrogens is 745 g/mol. The van der Waals surface area contributed by atoms with E-state index in [4.69, 9.17) is 14.2 Å². The van der Waals surface area contributed by atoms with E-state index >= 15 is 0 Å². The number of ether oxygens (including phenoxy) is 3. The maximum absolute atomic E-state index is 12.7. The van der Waals surface area contributed by atoms with E-state index < -0.39 is 6.10 Å². The Morgan fingerprint density at radius 1 is 0.333 bits per heavy atom. The van der Waals surface area contributed by atoms with Crippen molar-refractivity contribution in [3.8, 4) is 0 Å². The fraction of sp³-hybridized carbons (Fsp3) is 0.796. The van der Waals surface area contributed by atoms with E-state index in [9.17, 15) is 14.4 Å². The lowest BCUT2D eigenvalue weighted by Crippen LogP contribution is -2.30. The van der Waals surface area contributed by atoms with Crippen molar-refractivity contribution in [3.63, 3.8) is 0 Å². The Kier molecular flexibility index (Phi) is 46.9. The van der Waals surface area contributed by atoms with Crippen molar-refractivity contribution in [1.82, 2.24) is 0 Å². The Morgan fingerprint density at radius 2 is 0.617 bits per heavy atom. The first kappa shape index (κ1) is 57.4. The van der Waals surface area contributed by atoms with Crippen molar-refractivity contribution in [2.75, 3.05) is 13.2 Å². The number of carbonyl (C=O) groups is 3. The van der Waals surface area contributed by atoms with Crippen molar-refractivity contribution in [1.29, 1.82) is 0 Å². The fourth-order valence-corrected chi connectivity index (χ4v) is 7.11. The molecule has 0 aromatic heterocycles. The summed E-state index contributed by atoms with van der Waals surface area (Å²) in [5, 5.41) is 0. The number of esters is 3. The highest BCUT2D eigenvalue weighted by Gasteiger charge is 2.19. The lowest BCUT2D eigenvalue weighted by molar-refractivity contribution is -0.167. The normalized spacial score (nSPS) is 12.4. The topological polar surface area (TPSA) is 78.9 Å². The molecule has 0 fully saturated rings. The van der Waals surface area contributed by atoms with Gasteiger partial charge in [-0.05, 0) is 89.9 Å². The van der Waals surface area contributed by atoms with Crippen molar-refractivity contribution in [2.45, 2.75) is 264 Å². The number of allylic oxidation sites excluding steroid dienone is 8. The van der Waals surface area contributed by atoms with Crippen LogP contribution in [-0.4, -0.2) is 37.2 Å². The highest BCUT2D eigenvalue weighted by Crippen LogP contribution is 2.15. The number of carbonyl (C=O) groups excluding carboxylic acids is 3. The highest BCUT2D eigenvalue weighted by molar-refractivity contribution is 5.71. The van der Waals surface area contributed by atoms with Gasteiger partial charge in [-0.3, -0.25) is 14.4 Å². The van der Waals surface area contributed by atoms with Gasteiger partial charge < -0.3 is 14.2 Å². The van der Waals surface area contributed by atoms with Crippen molar-refractivity contribution in [3.05, 3.63) is 48.6 Å². The Balaban J connectivity index is 4.32. The molecule has 0 rings (SSSR count). The number of rotatable bonds is 46. The molecule has 1 atom stereocenters. The molecule has 6 nitrogen and oxygen atoms in total. The van der Waals surface area contributed by atoms with Gasteiger partial charge in [-0.15, -0.1) is 0 Å². The summed E-state index contributed by atoms with van der Waals surface area (Å²) in [6.45, 7) is 6.54. The molecular formula is C54H96O6. The predicted octanol–water partition coefficient (Wildman–Crippen LogP) is 16.7. The van der Waals surface area contributed by atoms with Crippen molar-refractivity contribution >= 4 is 17.9 Å². The van der Waals surface area contributed by atoms with E-state index in [1.165, 1.54) is 141 Å². The minimum absolute atomic E-state index is 0.0802. The number of unbranched alkanes of at least 4 members (excludes halogenated alkanes) is 28. The first-order valence-electron chi connectivity index (χ1n) is 25.7. The minimum atomic E-state index is -0.779. The molecule has 0 N–H and O–H groups in total. The third-order valence-electron chi connectivity index (χ3n) is 11.1. The summed E-state index contributed by atoms with van der Waals surface area (Å²) in [7, 11) is 0. The van der Waals surface area contributed by atoms with Gasteiger partial charge in [0, 0.05) is 19.3 Å². The molecule has 0 heterocycles.